The van der Waals surface area contributed by atoms with Gasteiger partial charge in [-0.3, -0.25) is 27.5 Å². The summed E-state index contributed by atoms with van der Waals surface area (Å²) in [6, 6.07) is 9.26. The third-order valence-electron chi connectivity index (χ3n) is 3.25. The molecule has 6 nitrogen and oxygen atoms in total. The van der Waals surface area contributed by atoms with E-state index in [9.17, 15) is 17.6 Å². The van der Waals surface area contributed by atoms with Crippen LogP contribution in [0.2, 0.25) is 0 Å². The standard InChI is InChI=1S/C10H5F2N2.C8H6F2N4.Ir/c11-7-2-3-8(9(12)6-7)10-13-4-1-5-14-10;1-13-4-11-14(5-13)6-2-3-7(9)12-8(6)10;/h1-2,4-6H;3-5H,1H3;/q-1;-2;+3. The van der Waals surface area contributed by atoms with Crippen LogP contribution in [0.15, 0.2) is 41.8 Å². The molecule has 1 aliphatic heterocycles. The van der Waals surface area contributed by atoms with Crippen LogP contribution in [0.1, 0.15) is 0 Å². The van der Waals surface area contributed by atoms with E-state index >= 15 is 0 Å². The molecule has 0 saturated heterocycles. The zero-order valence-electron chi connectivity index (χ0n) is 14.6. The molecule has 0 radical (unpaired) electrons. The van der Waals surface area contributed by atoms with Crippen molar-refractivity contribution in [2.24, 2.45) is 5.10 Å². The molecule has 1 aromatic carbocycles. The van der Waals surface area contributed by atoms with Crippen molar-refractivity contribution >= 4 is 12.0 Å². The Bertz CT molecular complexity index is 989. The van der Waals surface area contributed by atoms with E-state index in [4.69, 9.17) is 0 Å². The molecule has 0 amide bonds. The van der Waals surface area contributed by atoms with Gasteiger partial charge in [-0.05, 0) is 18.8 Å². The van der Waals surface area contributed by atoms with Crippen molar-refractivity contribution in [3.63, 3.8) is 0 Å². The Labute approximate surface area is 177 Å². The summed E-state index contributed by atoms with van der Waals surface area (Å²) >= 11 is 0. The fourth-order valence-corrected chi connectivity index (χ4v) is 2.06. The Balaban J connectivity index is 0.000000200. The zero-order valence-corrected chi connectivity index (χ0v) is 17.0. The number of halogens is 4. The molecule has 11 heteroatoms. The van der Waals surface area contributed by atoms with E-state index in [1.807, 2.05) is 0 Å². The van der Waals surface area contributed by atoms with E-state index in [0.29, 0.717) is 0 Å². The number of hydrazone groups is 1. The Hall–Kier alpha value is -2.91. The minimum absolute atomic E-state index is 0. The van der Waals surface area contributed by atoms with Crippen LogP contribution >= 0.6 is 0 Å². The maximum Gasteiger partial charge on any atom is 3.00 e. The van der Waals surface area contributed by atoms with Crippen LogP contribution in [-0.2, 0) is 20.1 Å². The molecule has 0 spiro atoms. The summed E-state index contributed by atoms with van der Waals surface area (Å²) in [5.74, 6) is -3.01. The van der Waals surface area contributed by atoms with Gasteiger partial charge in [-0.25, -0.2) is 0 Å². The average Bonchev–Trinajstić information content (AvgIpc) is 3.09. The number of pyridine rings is 1. The van der Waals surface area contributed by atoms with Crippen LogP contribution in [0, 0.1) is 42.3 Å². The van der Waals surface area contributed by atoms with Gasteiger partial charge in [0.2, 0.25) is 0 Å². The number of nitrogens with zero attached hydrogens (tertiary/aromatic N) is 6. The Morgan fingerprint density at radius 1 is 1.03 bits per heavy atom. The van der Waals surface area contributed by atoms with Gasteiger partial charge in [0.15, 0.2) is 0 Å². The van der Waals surface area contributed by atoms with Crippen LogP contribution in [0.3, 0.4) is 0 Å². The molecule has 0 unspecified atom stereocenters. The summed E-state index contributed by atoms with van der Waals surface area (Å²) in [6.07, 6.45) is 4.45. The maximum atomic E-state index is 13.2. The number of benzene rings is 1. The summed E-state index contributed by atoms with van der Waals surface area (Å²) in [5, 5.41) is 5.05. The average molecular weight is 580 g/mol. The number of hydrogen-bond acceptors (Lipinski definition) is 6. The van der Waals surface area contributed by atoms with E-state index in [0.717, 1.165) is 18.2 Å². The fraction of sp³-hybridized carbons (Fsp3) is 0.0556. The first-order chi connectivity index (χ1) is 13.4. The van der Waals surface area contributed by atoms with Gasteiger partial charge in [0.25, 0.3) is 0 Å². The summed E-state index contributed by atoms with van der Waals surface area (Å²) in [7, 11) is 1.73. The van der Waals surface area contributed by atoms with Gasteiger partial charge in [-0.1, -0.05) is 11.6 Å². The van der Waals surface area contributed by atoms with Crippen molar-refractivity contribution in [2.75, 3.05) is 12.1 Å². The van der Waals surface area contributed by atoms with Gasteiger partial charge < -0.3 is 14.9 Å². The van der Waals surface area contributed by atoms with Gasteiger partial charge in [0, 0.05) is 24.0 Å². The molecule has 0 bridgehead atoms. The van der Waals surface area contributed by atoms with Crippen molar-refractivity contribution < 1.29 is 37.7 Å². The van der Waals surface area contributed by atoms with Crippen LogP contribution in [-0.4, -0.2) is 33.2 Å². The minimum Gasteiger partial charge on any atom is -0.493 e. The van der Waals surface area contributed by atoms with Crippen molar-refractivity contribution in [3.8, 4) is 11.4 Å². The number of anilines is 1. The predicted molar refractivity (Wildman–Crippen MR) is 92.2 cm³/mol. The largest absolute Gasteiger partial charge is 3.00 e. The molecule has 29 heavy (non-hydrogen) atoms. The monoisotopic (exact) mass is 580 g/mol. The van der Waals surface area contributed by atoms with E-state index in [2.05, 4.69) is 32.2 Å². The number of rotatable bonds is 2. The topological polar surface area (TPSA) is 57.5 Å². The SMILES string of the molecule is CN1C=NN(c2[c-]cc(F)nc2F)[CH-]1.Fc1c[c-]c(-c2ncccn2)c(F)c1.[Ir+3]. The molecular formula is C18H11F4IrN6. The van der Waals surface area contributed by atoms with Gasteiger partial charge in [-0.15, -0.1) is 24.9 Å². The van der Waals surface area contributed by atoms with E-state index in [1.54, 1.807) is 18.0 Å². The van der Waals surface area contributed by atoms with Gasteiger partial charge in [-0.2, -0.15) is 11.2 Å². The smallest absolute Gasteiger partial charge is 0.493 e. The third kappa shape index (κ3) is 5.78. The van der Waals surface area contributed by atoms with Crippen LogP contribution < -0.4 is 5.01 Å². The summed E-state index contributed by atoms with van der Waals surface area (Å²) in [5.41, 5.74) is 0.0685. The molecular weight excluding hydrogens is 568 g/mol. The maximum absolute atomic E-state index is 13.2. The molecule has 150 valence electrons. The first-order valence-electron chi connectivity index (χ1n) is 7.72. The van der Waals surface area contributed by atoms with Crippen molar-refractivity contribution in [1.82, 2.24) is 19.9 Å². The number of hydrogen-bond donors (Lipinski definition) is 0. The predicted octanol–water partition coefficient (Wildman–Crippen LogP) is 3.19. The van der Waals surface area contributed by atoms with Gasteiger partial charge >= 0.3 is 20.1 Å². The molecule has 2 aromatic heterocycles. The quantitative estimate of drug-likeness (QED) is 0.265. The Morgan fingerprint density at radius 3 is 2.34 bits per heavy atom. The second kappa shape index (κ2) is 10.0. The van der Waals surface area contributed by atoms with Crippen molar-refractivity contribution in [1.29, 1.82) is 0 Å². The molecule has 4 rings (SSSR count). The molecule has 0 aliphatic carbocycles. The second-order valence-electron chi connectivity index (χ2n) is 5.33. The van der Waals surface area contributed by atoms with Crippen LogP contribution in [0.4, 0.5) is 23.2 Å². The van der Waals surface area contributed by atoms with Gasteiger partial charge in [0.05, 0.1) is 18.1 Å². The van der Waals surface area contributed by atoms with E-state index in [-0.39, 0.29) is 37.2 Å². The zero-order chi connectivity index (χ0) is 20.1. The summed E-state index contributed by atoms with van der Waals surface area (Å²) in [6.45, 7) is 1.52. The van der Waals surface area contributed by atoms with Crippen LogP contribution in [0.25, 0.3) is 11.4 Å². The van der Waals surface area contributed by atoms with Crippen molar-refractivity contribution in [2.45, 2.75) is 0 Å². The molecule has 3 heterocycles. The molecule has 0 atom stereocenters. The number of aromatic nitrogens is 3. The Kier molecular flexibility index (Phi) is 7.74. The normalized spacial score (nSPS) is 12.3. The first kappa shape index (κ1) is 22.4. The summed E-state index contributed by atoms with van der Waals surface area (Å²) < 4.78 is 51.3. The Morgan fingerprint density at radius 2 is 1.76 bits per heavy atom. The minimum atomic E-state index is -0.936. The van der Waals surface area contributed by atoms with Crippen molar-refractivity contribution in [3.05, 3.63) is 79.0 Å². The molecule has 0 N–H and O–H groups in total. The van der Waals surface area contributed by atoms with E-state index < -0.39 is 23.5 Å². The molecule has 3 aromatic rings. The second-order valence-corrected chi connectivity index (χ2v) is 5.33. The first-order valence-corrected chi connectivity index (χ1v) is 7.72. The molecule has 0 fully saturated rings. The molecule has 0 saturated carbocycles. The van der Waals surface area contributed by atoms with Crippen LogP contribution in [0.5, 0.6) is 0 Å². The summed E-state index contributed by atoms with van der Waals surface area (Å²) in [4.78, 5) is 12.3. The van der Waals surface area contributed by atoms with Gasteiger partial charge in [0.1, 0.15) is 5.95 Å². The van der Waals surface area contributed by atoms with E-state index in [1.165, 1.54) is 30.4 Å². The molecule has 1 aliphatic rings. The fourth-order valence-electron chi connectivity index (χ4n) is 2.06. The third-order valence-corrected chi connectivity index (χ3v) is 3.25.